The highest BCUT2D eigenvalue weighted by molar-refractivity contribution is 5.83. The van der Waals surface area contributed by atoms with Crippen LogP contribution >= 0.6 is 0 Å². The molecule has 3 rings (SSSR count). The molecule has 2 N–H and O–H groups in total. The van der Waals surface area contributed by atoms with Crippen LogP contribution in [0, 0.1) is 5.92 Å². The van der Waals surface area contributed by atoms with E-state index < -0.39 is 6.10 Å². The van der Waals surface area contributed by atoms with Gasteiger partial charge in [-0.3, -0.25) is 0 Å². The van der Waals surface area contributed by atoms with E-state index in [-0.39, 0.29) is 0 Å². The van der Waals surface area contributed by atoms with Gasteiger partial charge in [0.25, 0.3) is 0 Å². The van der Waals surface area contributed by atoms with Crippen molar-refractivity contribution >= 4 is 10.8 Å². The van der Waals surface area contributed by atoms with Gasteiger partial charge >= 0.3 is 0 Å². The third-order valence-electron chi connectivity index (χ3n) is 3.97. The second-order valence-corrected chi connectivity index (χ2v) is 5.84. The molecule has 0 radical (unpaired) electrons. The number of hydrogen-bond acceptors (Lipinski definition) is 3. The molecule has 0 spiro atoms. The molecule has 0 heterocycles. The Morgan fingerprint density at radius 1 is 1.14 bits per heavy atom. The monoisotopic (exact) mass is 285 g/mol. The van der Waals surface area contributed by atoms with Crippen molar-refractivity contribution in [2.75, 3.05) is 26.3 Å². The van der Waals surface area contributed by atoms with E-state index in [1.807, 2.05) is 18.2 Å². The summed E-state index contributed by atoms with van der Waals surface area (Å²) in [7, 11) is 0. The number of nitrogens with one attached hydrogen (secondary N) is 1. The van der Waals surface area contributed by atoms with E-state index >= 15 is 0 Å². The molecule has 1 aliphatic rings. The first-order chi connectivity index (χ1) is 10.3. The van der Waals surface area contributed by atoms with Crippen LogP contribution in [0.5, 0.6) is 0 Å². The van der Waals surface area contributed by atoms with Gasteiger partial charge in [0.1, 0.15) is 0 Å². The third kappa shape index (κ3) is 4.27. The number of fused-ring (bicyclic) bond motifs is 1. The number of hydrogen-bond donors (Lipinski definition) is 2. The van der Waals surface area contributed by atoms with Gasteiger partial charge in [-0.05, 0) is 41.2 Å². The van der Waals surface area contributed by atoms with Gasteiger partial charge in [-0.15, -0.1) is 0 Å². The molecule has 1 unspecified atom stereocenters. The smallest absolute Gasteiger partial charge is 0.0914 e. The highest BCUT2D eigenvalue weighted by Crippen LogP contribution is 2.28. The number of benzene rings is 2. The van der Waals surface area contributed by atoms with Gasteiger partial charge in [-0.25, -0.2) is 0 Å². The van der Waals surface area contributed by atoms with Crippen molar-refractivity contribution < 1.29 is 9.84 Å². The molecule has 1 fully saturated rings. The van der Waals surface area contributed by atoms with Crippen molar-refractivity contribution in [3.63, 3.8) is 0 Å². The van der Waals surface area contributed by atoms with E-state index in [1.54, 1.807) is 0 Å². The summed E-state index contributed by atoms with van der Waals surface area (Å²) in [6.07, 6.45) is 2.18. The minimum absolute atomic E-state index is 0.474. The molecule has 2 aromatic rings. The van der Waals surface area contributed by atoms with Gasteiger partial charge in [-0.2, -0.15) is 0 Å². The second kappa shape index (κ2) is 7.03. The molecule has 2 aromatic carbocycles. The van der Waals surface area contributed by atoms with Crippen LogP contribution in [0.3, 0.4) is 0 Å². The lowest BCUT2D eigenvalue weighted by Gasteiger charge is -2.13. The topological polar surface area (TPSA) is 41.5 Å². The Hall–Kier alpha value is -1.42. The quantitative estimate of drug-likeness (QED) is 0.733. The van der Waals surface area contributed by atoms with Crippen molar-refractivity contribution in [3.05, 3.63) is 48.0 Å². The Kier molecular flexibility index (Phi) is 4.86. The van der Waals surface area contributed by atoms with Gasteiger partial charge in [0.2, 0.25) is 0 Å². The maximum Gasteiger partial charge on any atom is 0.0914 e. The van der Waals surface area contributed by atoms with Crippen molar-refractivity contribution in [2.24, 2.45) is 5.92 Å². The molecule has 1 aliphatic carbocycles. The van der Waals surface area contributed by atoms with Crippen molar-refractivity contribution in [2.45, 2.75) is 18.9 Å². The third-order valence-corrected chi connectivity index (χ3v) is 3.97. The lowest BCUT2D eigenvalue weighted by atomic mass is 10.0. The number of aliphatic hydroxyl groups excluding tert-OH is 1. The molecule has 1 atom stereocenters. The molecule has 0 amide bonds. The summed E-state index contributed by atoms with van der Waals surface area (Å²) < 4.78 is 5.56. The van der Waals surface area contributed by atoms with E-state index in [4.69, 9.17) is 4.74 Å². The maximum atomic E-state index is 10.2. The predicted octanol–water partition coefficient (Wildman–Crippen LogP) is 2.89. The average Bonchev–Trinajstić information content (AvgIpc) is 3.34. The molecule has 0 bridgehead atoms. The number of rotatable bonds is 8. The molecule has 112 valence electrons. The van der Waals surface area contributed by atoms with Crippen LogP contribution in [0.25, 0.3) is 10.8 Å². The fraction of sp³-hybridized carbons (Fsp3) is 0.444. The van der Waals surface area contributed by atoms with Gasteiger partial charge in [-0.1, -0.05) is 36.4 Å². The highest BCUT2D eigenvalue weighted by Gasteiger charge is 2.20. The van der Waals surface area contributed by atoms with Gasteiger partial charge in [0, 0.05) is 19.7 Å². The summed E-state index contributed by atoms with van der Waals surface area (Å²) in [5, 5.41) is 15.9. The fourth-order valence-electron chi connectivity index (χ4n) is 2.45. The Balaban J connectivity index is 1.43. The molecule has 21 heavy (non-hydrogen) atoms. The van der Waals surface area contributed by atoms with E-state index in [0.717, 1.165) is 31.2 Å². The molecule has 3 nitrogen and oxygen atoms in total. The Labute approximate surface area is 125 Å². The highest BCUT2D eigenvalue weighted by atomic mass is 16.5. The summed E-state index contributed by atoms with van der Waals surface area (Å²) in [6.45, 7) is 2.97. The van der Waals surface area contributed by atoms with Crippen LogP contribution in [0.15, 0.2) is 42.5 Å². The zero-order valence-electron chi connectivity index (χ0n) is 12.3. The fourth-order valence-corrected chi connectivity index (χ4v) is 2.45. The number of ether oxygens (including phenoxy) is 1. The molecular weight excluding hydrogens is 262 g/mol. The summed E-state index contributed by atoms with van der Waals surface area (Å²) in [4.78, 5) is 0. The first-order valence-electron chi connectivity index (χ1n) is 7.78. The molecule has 3 heteroatoms. The lowest BCUT2D eigenvalue weighted by molar-refractivity contribution is 0.119. The molecule has 0 aromatic heterocycles. The maximum absolute atomic E-state index is 10.2. The first kappa shape index (κ1) is 14.5. The van der Waals surface area contributed by atoms with Crippen molar-refractivity contribution in [3.8, 4) is 0 Å². The minimum Gasteiger partial charge on any atom is -0.387 e. The Morgan fingerprint density at radius 2 is 1.95 bits per heavy atom. The van der Waals surface area contributed by atoms with E-state index in [0.29, 0.717) is 6.54 Å². The predicted molar refractivity (Wildman–Crippen MR) is 85.3 cm³/mol. The normalized spacial score (nSPS) is 16.2. The summed E-state index contributed by atoms with van der Waals surface area (Å²) in [5.41, 5.74) is 0.958. The zero-order valence-corrected chi connectivity index (χ0v) is 12.3. The number of aliphatic hydroxyl groups is 1. The van der Waals surface area contributed by atoms with E-state index in [1.165, 1.54) is 23.6 Å². The SMILES string of the molecule is OC(CNCCOCC1CC1)c1ccc2ccccc2c1. The van der Waals surface area contributed by atoms with Crippen LogP contribution in [0.2, 0.25) is 0 Å². The Morgan fingerprint density at radius 3 is 2.76 bits per heavy atom. The van der Waals surface area contributed by atoms with Crippen molar-refractivity contribution in [1.29, 1.82) is 0 Å². The van der Waals surface area contributed by atoms with Crippen LogP contribution < -0.4 is 5.32 Å². The summed E-state index contributed by atoms with van der Waals surface area (Å²) in [6, 6.07) is 14.3. The van der Waals surface area contributed by atoms with Gasteiger partial charge in [0.15, 0.2) is 0 Å². The second-order valence-electron chi connectivity index (χ2n) is 5.84. The lowest BCUT2D eigenvalue weighted by Crippen LogP contribution is -2.25. The summed E-state index contributed by atoms with van der Waals surface area (Å²) >= 11 is 0. The van der Waals surface area contributed by atoms with Crippen LogP contribution in [-0.4, -0.2) is 31.4 Å². The van der Waals surface area contributed by atoms with Crippen molar-refractivity contribution in [1.82, 2.24) is 5.32 Å². The average molecular weight is 285 g/mol. The molecule has 0 saturated heterocycles. The zero-order chi connectivity index (χ0) is 14.5. The largest absolute Gasteiger partial charge is 0.387 e. The Bertz CT molecular complexity index is 580. The van der Waals surface area contributed by atoms with Crippen LogP contribution in [0.4, 0.5) is 0 Å². The molecule has 0 aliphatic heterocycles. The van der Waals surface area contributed by atoms with Gasteiger partial charge < -0.3 is 15.2 Å². The minimum atomic E-state index is -0.474. The summed E-state index contributed by atoms with van der Waals surface area (Å²) in [5.74, 6) is 0.813. The van der Waals surface area contributed by atoms with Crippen LogP contribution in [0.1, 0.15) is 24.5 Å². The standard InChI is InChI=1S/C18H23NO2/c20-18(12-19-9-10-21-13-14-5-6-14)17-8-7-15-3-1-2-4-16(15)11-17/h1-4,7-8,11,14,18-20H,5-6,9-10,12-13H2. The van der Waals surface area contributed by atoms with E-state index in [2.05, 4.69) is 29.6 Å². The van der Waals surface area contributed by atoms with Gasteiger partial charge in [0.05, 0.1) is 12.7 Å². The molecule has 1 saturated carbocycles. The van der Waals surface area contributed by atoms with Crippen LogP contribution in [-0.2, 0) is 4.74 Å². The molecular formula is C18H23NO2. The first-order valence-corrected chi connectivity index (χ1v) is 7.78. The van der Waals surface area contributed by atoms with E-state index in [9.17, 15) is 5.11 Å².